The van der Waals surface area contributed by atoms with Crippen LogP contribution >= 0.6 is 0 Å². The number of amides is 1. The van der Waals surface area contributed by atoms with Crippen LogP contribution in [0.2, 0.25) is 0 Å². The molecule has 0 saturated heterocycles. The molecule has 2 rings (SSSR count). The summed E-state index contributed by atoms with van der Waals surface area (Å²) in [5.41, 5.74) is 1.88. The van der Waals surface area contributed by atoms with Gasteiger partial charge >= 0.3 is 0 Å². The molecule has 18 heavy (non-hydrogen) atoms. The highest BCUT2D eigenvalue weighted by Crippen LogP contribution is 2.34. The van der Waals surface area contributed by atoms with Crippen LogP contribution in [-0.2, 0) is 4.79 Å². The minimum atomic E-state index is -0.0520. The van der Waals surface area contributed by atoms with Crippen molar-refractivity contribution in [2.45, 2.75) is 33.2 Å². The summed E-state index contributed by atoms with van der Waals surface area (Å²) in [4.78, 5) is 11.9. The van der Waals surface area contributed by atoms with E-state index >= 15 is 0 Å². The van der Waals surface area contributed by atoms with Crippen LogP contribution in [0.5, 0.6) is 0 Å². The summed E-state index contributed by atoms with van der Waals surface area (Å²) in [5, 5.41) is 15.3. The van der Waals surface area contributed by atoms with Gasteiger partial charge in [0.2, 0.25) is 5.91 Å². The SMILES string of the molecule is CC(C)(C)C1CC(=O)Nc2c(C#N)cccc2N1. The Labute approximate surface area is 107 Å². The van der Waals surface area contributed by atoms with E-state index < -0.39 is 0 Å². The Hall–Kier alpha value is -2.02. The quantitative estimate of drug-likeness (QED) is 0.736. The van der Waals surface area contributed by atoms with Crippen molar-refractivity contribution in [3.63, 3.8) is 0 Å². The van der Waals surface area contributed by atoms with E-state index in [9.17, 15) is 4.79 Å². The Bertz CT molecular complexity index is 523. The topological polar surface area (TPSA) is 64.9 Å². The fourth-order valence-electron chi connectivity index (χ4n) is 2.04. The number of nitrogens with zero attached hydrogens (tertiary/aromatic N) is 1. The van der Waals surface area contributed by atoms with E-state index in [0.29, 0.717) is 17.7 Å². The van der Waals surface area contributed by atoms with Crippen LogP contribution in [0.3, 0.4) is 0 Å². The molecule has 0 aromatic heterocycles. The second-order valence-electron chi connectivity index (χ2n) is 5.66. The van der Waals surface area contributed by atoms with Crippen molar-refractivity contribution in [2.24, 2.45) is 5.41 Å². The summed E-state index contributed by atoms with van der Waals surface area (Å²) < 4.78 is 0. The van der Waals surface area contributed by atoms with Gasteiger partial charge < -0.3 is 10.6 Å². The van der Waals surface area contributed by atoms with Crippen LogP contribution in [0.25, 0.3) is 0 Å². The second kappa shape index (κ2) is 4.34. The summed E-state index contributed by atoms with van der Waals surface area (Å²) in [6.07, 6.45) is 0.406. The number of para-hydroxylation sites is 1. The van der Waals surface area contributed by atoms with Crippen molar-refractivity contribution in [2.75, 3.05) is 10.6 Å². The third-order valence-electron chi connectivity index (χ3n) is 3.21. The molecule has 1 aromatic carbocycles. The van der Waals surface area contributed by atoms with Gasteiger partial charge in [-0.1, -0.05) is 26.8 Å². The zero-order valence-electron chi connectivity index (χ0n) is 10.9. The van der Waals surface area contributed by atoms with Crippen LogP contribution in [0.15, 0.2) is 18.2 Å². The molecular formula is C14H17N3O. The molecule has 1 heterocycles. The van der Waals surface area contributed by atoms with Crippen LogP contribution in [0.4, 0.5) is 11.4 Å². The molecule has 1 aromatic rings. The molecule has 0 saturated carbocycles. The molecule has 0 spiro atoms. The summed E-state index contributed by atoms with van der Waals surface area (Å²) in [6.45, 7) is 6.28. The van der Waals surface area contributed by atoms with Crippen molar-refractivity contribution in [1.82, 2.24) is 0 Å². The Kier molecular flexibility index (Phi) is 3.00. The van der Waals surface area contributed by atoms with Crippen molar-refractivity contribution in [3.05, 3.63) is 23.8 Å². The van der Waals surface area contributed by atoms with Gasteiger partial charge in [0.1, 0.15) is 6.07 Å². The average Bonchev–Trinajstić information content (AvgIpc) is 2.45. The molecule has 1 amide bonds. The first kappa shape index (κ1) is 12.4. The lowest BCUT2D eigenvalue weighted by molar-refractivity contribution is -0.116. The first-order chi connectivity index (χ1) is 8.41. The van der Waals surface area contributed by atoms with Crippen molar-refractivity contribution >= 4 is 17.3 Å². The standard InChI is InChI=1S/C14H17N3O/c1-14(2,3)11-7-12(18)17-13-9(8-15)5-4-6-10(13)16-11/h4-6,11,16H,7H2,1-3H3,(H,17,18). The van der Waals surface area contributed by atoms with Gasteiger partial charge in [0, 0.05) is 12.5 Å². The Morgan fingerprint density at radius 1 is 1.39 bits per heavy atom. The van der Waals surface area contributed by atoms with E-state index in [1.54, 1.807) is 6.07 Å². The van der Waals surface area contributed by atoms with E-state index in [-0.39, 0.29) is 17.4 Å². The van der Waals surface area contributed by atoms with Crippen LogP contribution in [0, 0.1) is 16.7 Å². The first-order valence-corrected chi connectivity index (χ1v) is 6.01. The summed E-state index contributed by atoms with van der Waals surface area (Å²) in [7, 11) is 0. The fourth-order valence-corrected chi connectivity index (χ4v) is 2.04. The van der Waals surface area contributed by atoms with Gasteiger partial charge in [-0.25, -0.2) is 0 Å². The average molecular weight is 243 g/mol. The number of hydrogen-bond donors (Lipinski definition) is 2. The monoisotopic (exact) mass is 243 g/mol. The molecule has 94 valence electrons. The summed E-state index contributed by atoms with van der Waals surface area (Å²) >= 11 is 0. The molecule has 0 radical (unpaired) electrons. The third-order valence-corrected chi connectivity index (χ3v) is 3.21. The van der Waals surface area contributed by atoms with Gasteiger partial charge in [-0.3, -0.25) is 4.79 Å². The minimum Gasteiger partial charge on any atom is -0.380 e. The Morgan fingerprint density at radius 3 is 2.72 bits per heavy atom. The number of benzene rings is 1. The lowest BCUT2D eigenvalue weighted by Crippen LogP contribution is -2.35. The fraction of sp³-hybridized carbons (Fsp3) is 0.429. The van der Waals surface area contributed by atoms with Crippen molar-refractivity contribution in [3.8, 4) is 6.07 Å². The predicted octanol–water partition coefficient (Wildman–Crippen LogP) is 2.73. The highest BCUT2D eigenvalue weighted by atomic mass is 16.1. The van der Waals surface area contributed by atoms with E-state index in [0.717, 1.165) is 5.69 Å². The van der Waals surface area contributed by atoms with Gasteiger partial charge in [-0.2, -0.15) is 5.26 Å². The van der Waals surface area contributed by atoms with Crippen LogP contribution < -0.4 is 10.6 Å². The molecule has 4 nitrogen and oxygen atoms in total. The maximum atomic E-state index is 11.9. The third kappa shape index (κ3) is 2.30. The molecular weight excluding hydrogens is 226 g/mol. The Balaban J connectivity index is 2.46. The smallest absolute Gasteiger partial charge is 0.226 e. The van der Waals surface area contributed by atoms with Gasteiger partial charge in [0.15, 0.2) is 0 Å². The van der Waals surface area contributed by atoms with Gasteiger partial charge in [0.25, 0.3) is 0 Å². The molecule has 1 unspecified atom stereocenters. The number of hydrogen-bond acceptors (Lipinski definition) is 3. The first-order valence-electron chi connectivity index (χ1n) is 6.01. The maximum Gasteiger partial charge on any atom is 0.226 e. The maximum absolute atomic E-state index is 11.9. The number of carbonyl (C=O) groups is 1. The normalized spacial score (nSPS) is 19.0. The van der Waals surface area contributed by atoms with Crippen LogP contribution in [-0.4, -0.2) is 11.9 Å². The second-order valence-corrected chi connectivity index (χ2v) is 5.66. The number of carbonyl (C=O) groups excluding carboxylic acids is 1. The molecule has 4 heteroatoms. The Morgan fingerprint density at radius 2 is 2.11 bits per heavy atom. The summed E-state index contributed by atoms with van der Waals surface area (Å²) in [6, 6.07) is 7.57. The molecule has 0 fully saturated rings. The van der Waals surface area contributed by atoms with Crippen molar-refractivity contribution < 1.29 is 4.79 Å². The lowest BCUT2D eigenvalue weighted by atomic mass is 9.84. The minimum absolute atomic E-state index is 0.0262. The highest BCUT2D eigenvalue weighted by molar-refractivity contribution is 5.98. The van der Waals surface area contributed by atoms with E-state index in [1.807, 2.05) is 12.1 Å². The molecule has 2 N–H and O–H groups in total. The zero-order chi connectivity index (χ0) is 13.3. The predicted molar refractivity (Wildman–Crippen MR) is 71.3 cm³/mol. The van der Waals surface area contributed by atoms with E-state index in [4.69, 9.17) is 5.26 Å². The molecule has 1 aliphatic rings. The van der Waals surface area contributed by atoms with E-state index in [1.165, 1.54) is 0 Å². The number of fused-ring (bicyclic) bond motifs is 1. The summed E-state index contributed by atoms with van der Waals surface area (Å²) in [5.74, 6) is -0.0520. The van der Waals surface area contributed by atoms with Crippen molar-refractivity contribution in [1.29, 1.82) is 5.26 Å². The molecule has 1 atom stereocenters. The van der Waals surface area contributed by atoms with Gasteiger partial charge in [0.05, 0.1) is 16.9 Å². The molecule has 0 aliphatic carbocycles. The van der Waals surface area contributed by atoms with E-state index in [2.05, 4.69) is 37.5 Å². The lowest BCUT2D eigenvalue weighted by Gasteiger charge is -2.30. The number of nitriles is 1. The number of anilines is 2. The van der Waals surface area contributed by atoms with Crippen LogP contribution in [0.1, 0.15) is 32.8 Å². The highest BCUT2D eigenvalue weighted by Gasteiger charge is 2.30. The number of rotatable bonds is 0. The van der Waals surface area contributed by atoms with Gasteiger partial charge in [-0.15, -0.1) is 0 Å². The largest absolute Gasteiger partial charge is 0.380 e. The number of nitrogens with one attached hydrogen (secondary N) is 2. The zero-order valence-corrected chi connectivity index (χ0v) is 10.9. The molecule has 1 aliphatic heterocycles. The van der Waals surface area contributed by atoms with Gasteiger partial charge in [-0.05, 0) is 17.5 Å². The molecule has 0 bridgehead atoms.